The molecule has 2 aliphatic rings. The molecule has 1 heteroatoms. The van der Waals surface area contributed by atoms with E-state index in [1.165, 1.54) is 24.1 Å². The third-order valence-corrected chi connectivity index (χ3v) is 2.16. The van der Waals surface area contributed by atoms with Crippen molar-refractivity contribution in [3.05, 3.63) is 35.6 Å². The summed E-state index contributed by atoms with van der Waals surface area (Å²) < 4.78 is 0. The SMILES string of the molecule is C1=CC2=C(C=CC1)NCCC2.[HH]. The molecule has 0 radical (unpaired) electrons. The van der Waals surface area contributed by atoms with Crippen molar-refractivity contribution in [3.8, 4) is 0 Å². The molecule has 0 atom stereocenters. The third-order valence-electron chi connectivity index (χ3n) is 2.16. The molecule has 1 heterocycles. The van der Waals surface area contributed by atoms with E-state index in [9.17, 15) is 0 Å². The van der Waals surface area contributed by atoms with Crippen LogP contribution in [0.2, 0.25) is 0 Å². The number of hydrogen-bond acceptors (Lipinski definition) is 1. The van der Waals surface area contributed by atoms with Gasteiger partial charge in [-0.2, -0.15) is 0 Å². The van der Waals surface area contributed by atoms with Crippen LogP contribution in [0.1, 0.15) is 20.7 Å². The van der Waals surface area contributed by atoms with Crippen LogP contribution in [0.5, 0.6) is 0 Å². The zero-order valence-electron chi connectivity index (χ0n) is 6.64. The molecular formula is C10H15N. The Bertz CT molecular complexity index is 214. The Kier molecular flexibility index (Phi) is 1.80. The van der Waals surface area contributed by atoms with Crippen LogP contribution in [-0.2, 0) is 0 Å². The average molecular weight is 149 g/mol. The summed E-state index contributed by atoms with van der Waals surface area (Å²) >= 11 is 0. The van der Waals surface area contributed by atoms with Gasteiger partial charge in [0.25, 0.3) is 0 Å². The summed E-state index contributed by atoms with van der Waals surface area (Å²) in [4.78, 5) is 0. The molecule has 1 nitrogen and oxygen atoms in total. The second kappa shape index (κ2) is 2.95. The quantitative estimate of drug-likeness (QED) is 0.557. The monoisotopic (exact) mass is 149 g/mol. The summed E-state index contributed by atoms with van der Waals surface area (Å²) in [5.41, 5.74) is 2.81. The highest BCUT2D eigenvalue weighted by atomic mass is 14.9. The molecule has 0 aromatic rings. The number of allylic oxidation sites excluding steroid dienone is 5. The molecule has 0 saturated heterocycles. The minimum Gasteiger partial charge on any atom is -0.385 e. The van der Waals surface area contributed by atoms with Crippen molar-refractivity contribution in [3.63, 3.8) is 0 Å². The van der Waals surface area contributed by atoms with Crippen LogP contribution in [0.15, 0.2) is 35.6 Å². The molecule has 0 unspecified atom stereocenters. The highest BCUT2D eigenvalue weighted by Crippen LogP contribution is 2.19. The molecular weight excluding hydrogens is 134 g/mol. The Morgan fingerprint density at radius 1 is 1.27 bits per heavy atom. The zero-order valence-corrected chi connectivity index (χ0v) is 6.64. The van der Waals surface area contributed by atoms with Gasteiger partial charge in [-0.25, -0.2) is 0 Å². The standard InChI is InChI=1S/C10H13N.H2/c1-2-5-9-6-4-8-11-10(9)7-3-1;/h2-3,5,7,11H,1,4,6,8H2;1H. The molecule has 0 aromatic carbocycles. The minimum atomic E-state index is 0. The maximum atomic E-state index is 3.40. The van der Waals surface area contributed by atoms with E-state index in [1.54, 1.807) is 0 Å². The first-order valence-corrected chi connectivity index (χ1v) is 4.27. The fraction of sp³-hybridized carbons (Fsp3) is 0.400. The van der Waals surface area contributed by atoms with Gasteiger partial charge in [-0.05, 0) is 30.9 Å². The molecule has 0 saturated carbocycles. The summed E-state index contributed by atoms with van der Waals surface area (Å²) in [6, 6.07) is 0. The van der Waals surface area contributed by atoms with Gasteiger partial charge in [-0.3, -0.25) is 0 Å². The predicted molar refractivity (Wildman–Crippen MR) is 49.3 cm³/mol. The van der Waals surface area contributed by atoms with E-state index < -0.39 is 0 Å². The summed E-state index contributed by atoms with van der Waals surface area (Å²) in [5.74, 6) is 0. The first-order chi connectivity index (χ1) is 5.47. The first-order valence-electron chi connectivity index (χ1n) is 4.27. The van der Waals surface area contributed by atoms with Crippen LogP contribution in [0.3, 0.4) is 0 Å². The van der Waals surface area contributed by atoms with E-state index in [-0.39, 0.29) is 1.43 Å². The molecule has 0 fully saturated rings. The number of rotatable bonds is 0. The second-order valence-corrected chi connectivity index (χ2v) is 3.01. The molecule has 0 aromatic heterocycles. The molecule has 11 heavy (non-hydrogen) atoms. The molecule has 0 spiro atoms. The maximum Gasteiger partial charge on any atom is 0.0369 e. The number of nitrogens with one attached hydrogen (secondary N) is 1. The van der Waals surface area contributed by atoms with Crippen molar-refractivity contribution in [2.24, 2.45) is 0 Å². The fourth-order valence-electron chi connectivity index (χ4n) is 1.56. The van der Waals surface area contributed by atoms with Gasteiger partial charge in [0, 0.05) is 13.7 Å². The van der Waals surface area contributed by atoms with Gasteiger partial charge >= 0.3 is 0 Å². The van der Waals surface area contributed by atoms with E-state index >= 15 is 0 Å². The van der Waals surface area contributed by atoms with E-state index in [0.717, 1.165) is 13.0 Å². The molecule has 0 bridgehead atoms. The predicted octanol–water partition coefficient (Wildman–Crippen LogP) is 2.39. The van der Waals surface area contributed by atoms with Gasteiger partial charge in [0.15, 0.2) is 0 Å². The van der Waals surface area contributed by atoms with Gasteiger partial charge in [0.05, 0.1) is 0 Å². The van der Waals surface area contributed by atoms with Crippen molar-refractivity contribution < 1.29 is 1.43 Å². The zero-order chi connectivity index (χ0) is 7.52. The number of hydrogen-bond donors (Lipinski definition) is 1. The van der Waals surface area contributed by atoms with Crippen LogP contribution in [0.25, 0.3) is 0 Å². The molecule has 1 aliphatic heterocycles. The highest BCUT2D eigenvalue weighted by molar-refractivity contribution is 5.36. The van der Waals surface area contributed by atoms with E-state index in [4.69, 9.17) is 0 Å². The van der Waals surface area contributed by atoms with Crippen LogP contribution >= 0.6 is 0 Å². The average Bonchev–Trinajstić information content (AvgIpc) is 2.28. The van der Waals surface area contributed by atoms with Crippen molar-refractivity contribution >= 4 is 0 Å². The Morgan fingerprint density at radius 3 is 3.18 bits per heavy atom. The van der Waals surface area contributed by atoms with E-state index in [0.29, 0.717) is 0 Å². The highest BCUT2D eigenvalue weighted by Gasteiger charge is 2.07. The lowest BCUT2D eigenvalue weighted by atomic mass is 10.0. The Morgan fingerprint density at radius 2 is 2.18 bits per heavy atom. The lowest BCUT2D eigenvalue weighted by Gasteiger charge is -2.16. The normalized spacial score (nSPS) is 22.5. The van der Waals surface area contributed by atoms with Crippen LogP contribution in [0, 0.1) is 0 Å². The molecule has 1 aliphatic carbocycles. The van der Waals surface area contributed by atoms with Gasteiger partial charge in [0.2, 0.25) is 0 Å². The van der Waals surface area contributed by atoms with Gasteiger partial charge in [-0.15, -0.1) is 0 Å². The maximum absolute atomic E-state index is 3.40. The smallest absolute Gasteiger partial charge is 0.0369 e. The van der Waals surface area contributed by atoms with Crippen LogP contribution in [-0.4, -0.2) is 6.54 Å². The summed E-state index contributed by atoms with van der Waals surface area (Å²) in [5, 5.41) is 3.40. The summed E-state index contributed by atoms with van der Waals surface area (Å²) in [6.45, 7) is 1.14. The lowest BCUT2D eigenvalue weighted by Crippen LogP contribution is -2.19. The fourth-order valence-corrected chi connectivity index (χ4v) is 1.56. The largest absolute Gasteiger partial charge is 0.385 e. The topological polar surface area (TPSA) is 12.0 Å². The summed E-state index contributed by atoms with van der Waals surface area (Å²) in [6.07, 6.45) is 12.5. The second-order valence-electron chi connectivity index (χ2n) is 3.01. The summed E-state index contributed by atoms with van der Waals surface area (Å²) in [7, 11) is 0. The van der Waals surface area contributed by atoms with Crippen molar-refractivity contribution in [2.45, 2.75) is 19.3 Å². The molecule has 0 amide bonds. The lowest BCUT2D eigenvalue weighted by molar-refractivity contribution is 0.685. The van der Waals surface area contributed by atoms with Crippen molar-refractivity contribution in [1.29, 1.82) is 0 Å². The Balaban J connectivity index is 0.000000720. The molecule has 2 rings (SSSR count). The van der Waals surface area contributed by atoms with E-state index in [1.807, 2.05) is 0 Å². The van der Waals surface area contributed by atoms with Gasteiger partial charge in [0.1, 0.15) is 0 Å². The Hall–Kier alpha value is -0.980. The van der Waals surface area contributed by atoms with Crippen molar-refractivity contribution in [2.75, 3.05) is 6.54 Å². The van der Waals surface area contributed by atoms with Crippen LogP contribution in [0.4, 0.5) is 0 Å². The van der Waals surface area contributed by atoms with Gasteiger partial charge in [-0.1, -0.05) is 18.2 Å². The Labute approximate surface area is 69.0 Å². The van der Waals surface area contributed by atoms with Crippen molar-refractivity contribution in [1.82, 2.24) is 5.32 Å². The van der Waals surface area contributed by atoms with Crippen LogP contribution < -0.4 is 5.32 Å². The molecule has 1 N–H and O–H groups in total. The van der Waals surface area contributed by atoms with Gasteiger partial charge < -0.3 is 5.32 Å². The third kappa shape index (κ3) is 1.37. The molecule has 60 valence electrons. The first kappa shape index (κ1) is 6.71. The minimum absolute atomic E-state index is 0. The van der Waals surface area contributed by atoms with E-state index in [2.05, 4.69) is 29.6 Å².